The van der Waals surface area contributed by atoms with E-state index in [1.54, 1.807) is 30.3 Å². The largest absolute Gasteiger partial charge is 0.493 e. The minimum Gasteiger partial charge on any atom is -0.493 e. The molecular formula is C15H15F3O4. The van der Waals surface area contributed by atoms with Crippen LogP contribution in [0.2, 0.25) is 0 Å². The lowest BCUT2D eigenvalue weighted by Gasteiger charge is -2.29. The van der Waals surface area contributed by atoms with Crippen molar-refractivity contribution in [3.8, 4) is 0 Å². The number of carbonyl (C=O) groups is 1. The molecule has 0 aromatic heterocycles. The molecule has 2 rings (SSSR count). The molecule has 0 saturated heterocycles. The molecule has 1 atom stereocenters. The Morgan fingerprint density at radius 3 is 2.68 bits per heavy atom. The maximum Gasteiger partial charge on any atom is 0.428 e. The molecular weight excluding hydrogens is 301 g/mol. The Hall–Kier alpha value is -2.02. The van der Waals surface area contributed by atoms with Crippen LogP contribution in [0.3, 0.4) is 0 Å². The van der Waals surface area contributed by atoms with Gasteiger partial charge in [-0.3, -0.25) is 0 Å². The van der Waals surface area contributed by atoms with Crippen LogP contribution in [-0.4, -0.2) is 36.1 Å². The number of hydrogen-bond donors (Lipinski definition) is 1. The Labute approximate surface area is 124 Å². The van der Waals surface area contributed by atoms with Gasteiger partial charge in [-0.2, -0.15) is 13.2 Å². The molecule has 22 heavy (non-hydrogen) atoms. The number of hydrogen-bond acceptors (Lipinski definition) is 4. The van der Waals surface area contributed by atoms with E-state index >= 15 is 0 Å². The number of ether oxygens (including phenoxy) is 2. The number of halogens is 3. The van der Waals surface area contributed by atoms with E-state index in [0.29, 0.717) is 10.4 Å². The van der Waals surface area contributed by atoms with E-state index in [-0.39, 0.29) is 19.0 Å². The first-order chi connectivity index (χ1) is 10.3. The lowest BCUT2D eigenvalue weighted by Crippen LogP contribution is -2.54. The predicted octanol–water partition coefficient (Wildman–Crippen LogP) is 0.852. The zero-order chi connectivity index (χ0) is 16.4. The molecule has 0 radical (unpaired) electrons. The van der Waals surface area contributed by atoms with Crippen LogP contribution in [0.5, 0.6) is 0 Å². The van der Waals surface area contributed by atoms with Crippen LogP contribution < -0.4 is 10.4 Å². The summed E-state index contributed by atoms with van der Waals surface area (Å²) in [6.07, 6.45) is -4.50. The highest BCUT2D eigenvalue weighted by molar-refractivity contribution is 5.82. The van der Waals surface area contributed by atoms with E-state index in [1.165, 1.54) is 6.92 Å². The first-order valence-electron chi connectivity index (χ1n) is 6.67. The Bertz CT molecular complexity index is 681. The van der Waals surface area contributed by atoms with Crippen molar-refractivity contribution in [2.45, 2.75) is 25.1 Å². The highest BCUT2D eigenvalue weighted by Crippen LogP contribution is 2.37. The average Bonchev–Trinajstić information content (AvgIpc) is 2.46. The summed E-state index contributed by atoms with van der Waals surface area (Å²) in [6.45, 7) is 1.17. The Morgan fingerprint density at radius 2 is 2.05 bits per heavy atom. The maximum atomic E-state index is 13.2. The second-order valence-corrected chi connectivity index (χ2v) is 4.78. The molecule has 0 saturated carbocycles. The van der Waals surface area contributed by atoms with Gasteiger partial charge in [0.25, 0.3) is 5.60 Å². The van der Waals surface area contributed by atoms with Crippen molar-refractivity contribution in [1.29, 1.82) is 0 Å². The lowest BCUT2D eigenvalue weighted by atomic mass is 9.96. The number of aliphatic hydroxyl groups is 1. The van der Waals surface area contributed by atoms with Gasteiger partial charge in [-0.15, -0.1) is 0 Å². The molecule has 1 aromatic carbocycles. The van der Waals surface area contributed by atoms with Crippen molar-refractivity contribution < 1.29 is 32.5 Å². The Kier molecular flexibility index (Phi) is 4.46. The summed E-state index contributed by atoms with van der Waals surface area (Å²) < 4.78 is 49.1. The van der Waals surface area contributed by atoms with E-state index in [2.05, 4.69) is 4.74 Å². The van der Waals surface area contributed by atoms with Crippen LogP contribution in [0, 0.1) is 0 Å². The first-order valence-corrected chi connectivity index (χ1v) is 6.67. The van der Waals surface area contributed by atoms with E-state index in [9.17, 15) is 23.1 Å². The van der Waals surface area contributed by atoms with Crippen molar-refractivity contribution in [3.63, 3.8) is 0 Å². The smallest absolute Gasteiger partial charge is 0.428 e. The van der Waals surface area contributed by atoms with Gasteiger partial charge in [-0.05, 0) is 18.2 Å². The number of carbonyl (C=O) groups excluding carboxylic acids is 1. The predicted molar refractivity (Wildman–Crippen MR) is 71.8 cm³/mol. The molecule has 120 valence electrons. The molecule has 0 fully saturated rings. The standard InChI is InChI=1S/C15H15F3O4/c1-2-21-13(19)14(20,15(16,17)18)9-12-11-6-4-3-5-10(11)7-8-22-12/h3-7,20H,2,8-9H2,1H3. The van der Waals surface area contributed by atoms with Crippen LogP contribution in [0.25, 0.3) is 11.8 Å². The molecule has 1 heterocycles. The van der Waals surface area contributed by atoms with Crippen LogP contribution in [0.4, 0.5) is 13.2 Å². The van der Waals surface area contributed by atoms with E-state index in [1.807, 2.05) is 0 Å². The van der Waals surface area contributed by atoms with Crippen molar-refractivity contribution in [2.75, 3.05) is 13.2 Å². The first kappa shape index (κ1) is 16.4. The molecule has 4 nitrogen and oxygen atoms in total. The molecule has 1 aliphatic rings. The normalized spacial score (nSPS) is 16.9. The molecule has 0 aliphatic carbocycles. The summed E-state index contributed by atoms with van der Waals surface area (Å²) in [5.41, 5.74) is -3.64. The number of alkyl halides is 3. The molecule has 1 N–H and O–H groups in total. The van der Waals surface area contributed by atoms with E-state index in [0.717, 1.165) is 0 Å². The zero-order valence-corrected chi connectivity index (χ0v) is 11.8. The minimum absolute atomic E-state index is 0.0725. The molecule has 0 spiro atoms. The van der Waals surface area contributed by atoms with Gasteiger partial charge in [0, 0.05) is 5.22 Å². The third-order valence-electron chi connectivity index (χ3n) is 3.32. The summed E-state index contributed by atoms with van der Waals surface area (Å²) in [5.74, 6) is -1.82. The zero-order valence-electron chi connectivity index (χ0n) is 11.8. The van der Waals surface area contributed by atoms with E-state index in [4.69, 9.17) is 4.74 Å². The average molecular weight is 316 g/mol. The van der Waals surface area contributed by atoms with Gasteiger partial charge in [0.15, 0.2) is 0 Å². The highest BCUT2D eigenvalue weighted by Gasteiger charge is 2.61. The highest BCUT2D eigenvalue weighted by atomic mass is 19.4. The Balaban J connectivity index is 2.50. The van der Waals surface area contributed by atoms with Crippen LogP contribution in [0.15, 0.2) is 24.3 Å². The molecule has 7 heteroatoms. The second kappa shape index (κ2) is 6.00. The second-order valence-electron chi connectivity index (χ2n) is 4.78. The van der Waals surface area contributed by atoms with Gasteiger partial charge in [-0.1, -0.05) is 24.3 Å². The van der Waals surface area contributed by atoms with Crippen LogP contribution in [-0.2, 0) is 14.3 Å². The van der Waals surface area contributed by atoms with Crippen molar-refractivity contribution >= 4 is 17.8 Å². The summed E-state index contributed by atoms with van der Waals surface area (Å²) in [7, 11) is 0. The summed E-state index contributed by atoms with van der Waals surface area (Å²) in [4.78, 5) is 11.6. The maximum absolute atomic E-state index is 13.2. The van der Waals surface area contributed by atoms with Gasteiger partial charge in [-0.25, -0.2) is 4.79 Å². The number of rotatable bonds is 4. The SMILES string of the molecule is CCOC(=O)C(O)(CC1=c2ccccc2=CCO1)C(F)(F)F. The quantitative estimate of drug-likeness (QED) is 0.837. The molecule has 1 aromatic rings. The third kappa shape index (κ3) is 2.94. The fourth-order valence-corrected chi connectivity index (χ4v) is 2.16. The van der Waals surface area contributed by atoms with Crippen molar-refractivity contribution in [1.82, 2.24) is 0 Å². The lowest BCUT2D eigenvalue weighted by molar-refractivity contribution is -0.261. The van der Waals surface area contributed by atoms with Gasteiger partial charge < -0.3 is 14.6 Å². The minimum atomic E-state index is -5.17. The van der Waals surface area contributed by atoms with Gasteiger partial charge in [0.2, 0.25) is 0 Å². The Morgan fingerprint density at radius 1 is 1.36 bits per heavy atom. The molecule has 1 unspecified atom stereocenters. The third-order valence-corrected chi connectivity index (χ3v) is 3.32. The fourth-order valence-electron chi connectivity index (χ4n) is 2.16. The summed E-state index contributed by atoms with van der Waals surface area (Å²) in [6, 6.07) is 6.66. The number of benzene rings is 1. The van der Waals surface area contributed by atoms with Gasteiger partial charge >= 0.3 is 12.1 Å². The molecule has 1 aliphatic heterocycles. The topological polar surface area (TPSA) is 55.8 Å². The summed E-state index contributed by atoms with van der Waals surface area (Å²) >= 11 is 0. The monoisotopic (exact) mass is 316 g/mol. The van der Waals surface area contributed by atoms with Gasteiger partial charge in [0.05, 0.1) is 13.0 Å². The summed E-state index contributed by atoms with van der Waals surface area (Å²) in [5, 5.41) is 11.0. The van der Waals surface area contributed by atoms with Crippen LogP contribution in [0.1, 0.15) is 13.3 Å². The van der Waals surface area contributed by atoms with Crippen LogP contribution >= 0.6 is 0 Å². The van der Waals surface area contributed by atoms with Crippen molar-refractivity contribution in [2.24, 2.45) is 0 Å². The number of esters is 1. The van der Waals surface area contributed by atoms with Crippen molar-refractivity contribution in [3.05, 3.63) is 34.7 Å². The fraction of sp³-hybridized carbons (Fsp3) is 0.400. The molecule has 0 bridgehead atoms. The molecule has 0 amide bonds. The van der Waals surface area contributed by atoms with Gasteiger partial charge in [0.1, 0.15) is 12.4 Å². The number of fused-ring (bicyclic) bond motifs is 1. The van der Waals surface area contributed by atoms with E-state index < -0.39 is 24.2 Å².